The van der Waals surface area contributed by atoms with Gasteiger partial charge in [0, 0.05) is 11.4 Å². The van der Waals surface area contributed by atoms with Crippen molar-refractivity contribution < 1.29 is 24.2 Å². The average molecular weight is 506 g/mol. The summed E-state index contributed by atoms with van der Waals surface area (Å²) in [5.74, 6) is -2.55. The minimum Gasteiger partial charge on any atom is -0.394 e. The van der Waals surface area contributed by atoms with Crippen LogP contribution in [0.4, 0.5) is 11.4 Å². The van der Waals surface area contributed by atoms with Crippen molar-refractivity contribution in [3.05, 3.63) is 59.7 Å². The maximum atomic E-state index is 14.1. The molecule has 1 spiro atoms. The van der Waals surface area contributed by atoms with Gasteiger partial charge >= 0.3 is 0 Å². The first-order chi connectivity index (χ1) is 17.7. The van der Waals surface area contributed by atoms with E-state index in [0.717, 1.165) is 11.1 Å². The fraction of sp³-hybridized carbons (Fsp3) is 0.483. The number of amides is 3. The van der Waals surface area contributed by atoms with Gasteiger partial charge in [-0.15, -0.1) is 0 Å². The molecule has 6 atom stereocenters. The number of aliphatic hydroxyl groups is 1. The maximum Gasteiger partial charge on any atom is 0.250 e. The molecule has 2 aromatic carbocycles. The molecule has 5 rings (SSSR count). The van der Waals surface area contributed by atoms with Crippen molar-refractivity contribution in [2.75, 3.05) is 17.2 Å². The van der Waals surface area contributed by atoms with Crippen molar-refractivity contribution in [3.63, 3.8) is 0 Å². The number of ether oxygens (including phenoxy) is 1. The van der Waals surface area contributed by atoms with Gasteiger partial charge in [0.2, 0.25) is 17.7 Å². The molecule has 196 valence electrons. The fourth-order valence-corrected chi connectivity index (χ4v) is 6.49. The monoisotopic (exact) mass is 505 g/mol. The molecule has 2 unspecified atom stereocenters. The Morgan fingerprint density at radius 3 is 2.51 bits per heavy atom. The number of carbonyl (C=O) groups is 3. The molecule has 2 bridgehead atoms. The van der Waals surface area contributed by atoms with E-state index < -0.39 is 35.6 Å². The van der Waals surface area contributed by atoms with Crippen molar-refractivity contribution in [1.29, 1.82) is 0 Å². The van der Waals surface area contributed by atoms with Gasteiger partial charge in [0.25, 0.3) is 0 Å². The molecule has 3 heterocycles. The number of carbonyl (C=O) groups excluding carboxylic acids is 3. The Balaban J connectivity index is 1.53. The first kappa shape index (κ1) is 25.4. The highest BCUT2D eigenvalue weighted by Crippen LogP contribution is 2.59. The number of aryl methyl sites for hydroxylation is 2. The molecule has 3 aliphatic heterocycles. The van der Waals surface area contributed by atoms with Gasteiger partial charge < -0.3 is 25.4 Å². The number of nitrogens with zero attached hydrogens (tertiary/aromatic N) is 1. The predicted octanol–water partition coefficient (Wildman–Crippen LogP) is 3.27. The van der Waals surface area contributed by atoms with Gasteiger partial charge in [-0.25, -0.2) is 0 Å². The number of hydrogen-bond donors (Lipinski definition) is 3. The summed E-state index contributed by atoms with van der Waals surface area (Å²) in [5, 5.41) is 16.3. The smallest absolute Gasteiger partial charge is 0.250 e. The molecular formula is C29H35N3O5. The van der Waals surface area contributed by atoms with Crippen molar-refractivity contribution in [3.8, 4) is 0 Å². The van der Waals surface area contributed by atoms with Crippen LogP contribution in [0.15, 0.2) is 48.5 Å². The third-order valence-electron chi connectivity index (χ3n) is 8.30. The summed E-state index contributed by atoms with van der Waals surface area (Å²) in [5.41, 5.74) is 2.11. The Labute approximate surface area is 217 Å². The molecule has 0 radical (unpaired) electrons. The lowest BCUT2D eigenvalue weighted by molar-refractivity contribution is -0.144. The van der Waals surface area contributed by atoms with E-state index in [9.17, 15) is 19.5 Å². The zero-order valence-electron chi connectivity index (χ0n) is 21.7. The highest BCUT2D eigenvalue weighted by Gasteiger charge is 2.75. The summed E-state index contributed by atoms with van der Waals surface area (Å²) < 4.78 is 6.49. The molecule has 3 aliphatic rings. The van der Waals surface area contributed by atoms with Crippen LogP contribution in [0.25, 0.3) is 0 Å². The fourth-order valence-electron chi connectivity index (χ4n) is 6.49. The summed E-state index contributed by atoms with van der Waals surface area (Å²) >= 11 is 0. The number of anilines is 2. The van der Waals surface area contributed by atoms with Crippen LogP contribution in [0, 0.1) is 31.6 Å². The largest absolute Gasteiger partial charge is 0.394 e. The van der Waals surface area contributed by atoms with E-state index in [1.165, 1.54) is 4.90 Å². The van der Waals surface area contributed by atoms with Gasteiger partial charge in [-0.2, -0.15) is 0 Å². The normalized spacial score (nSPS) is 28.9. The molecule has 3 N–H and O–H groups in total. The number of nitrogens with one attached hydrogen (secondary N) is 2. The Morgan fingerprint density at radius 2 is 1.84 bits per heavy atom. The number of aliphatic hydroxyl groups excluding tert-OH is 1. The lowest BCUT2D eigenvalue weighted by Gasteiger charge is -2.38. The molecule has 0 aromatic heterocycles. The van der Waals surface area contributed by atoms with Crippen LogP contribution in [0.3, 0.4) is 0 Å². The Morgan fingerprint density at radius 1 is 1.11 bits per heavy atom. The summed E-state index contributed by atoms with van der Waals surface area (Å²) in [6, 6.07) is 13.4. The molecule has 2 aromatic rings. The van der Waals surface area contributed by atoms with Crippen molar-refractivity contribution in [1.82, 2.24) is 4.90 Å². The number of para-hydroxylation sites is 1. The topological polar surface area (TPSA) is 108 Å². The minimum absolute atomic E-state index is 0.103. The van der Waals surface area contributed by atoms with Crippen LogP contribution in [0.2, 0.25) is 0 Å². The molecule has 8 heteroatoms. The Hall–Kier alpha value is -3.23. The van der Waals surface area contributed by atoms with Crippen LogP contribution >= 0.6 is 0 Å². The Bertz CT molecular complexity index is 1220. The van der Waals surface area contributed by atoms with Crippen LogP contribution in [-0.2, 0) is 19.1 Å². The Kier molecular flexibility index (Phi) is 6.58. The average Bonchev–Trinajstić information content (AvgIpc) is 3.50. The summed E-state index contributed by atoms with van der Waals surface area (Å²) in [6.07, 6.45) is 0.645. The van der Waals surface area contributed by atoms with E-state index in [-0.39, 0.29) is 30.2 Å². The second-order valence-corrected chi connectivity index (χ2v) is 11.0. The molecular weight excluding hydrogens is 470 g/mol. The van der Waals surface area contributed by atoms with Gasteiger partial charge in [0.1, 0.15) is 11.6 Å². The van der Waals surface area contributed by atoms with Crippen molar-refractivity contribution in [2.45, 2.75) is 64.3 Å². The maximum absolute atomic E-state index is 14.1. The minimum atomic E-state index is -1.12. The second-order valence-electron chi connectivity index (χ2n) is 11.0. The SMILES string of the molecule is Cc1ccc(C)c(NC(=O)C2N([C@@H](CO)C(C)C)C(=O)[C@@H]3[C@@H](C(=O)Nc4ccccc4)[C@H]4CCC23O4)c1. The van der Waals surface area contributed by atoms with Gasteiger partial charge in [0.15, 0.2) is 0 Å². The van der Waals surface area contributed by atoms with Gasteiger partial charge in [0.05, 0.1) is 30.6 Å². The predicted molar refractivity (Wildman–Crippen MR) is 140 cm³/mol. The third-order valence-corrected chi connectivity index (χ3v) is 8.30. The lowest BCUT2D eigenvalue weighted by atomic mass is 9.70. The van der Waals surface area contributed by atoms with Gasteiger partial charge in [-0.05, 0) is 61.9 Å². The molecule has 8 nitrogen and oxygen atoms in total. The zero-order valence-corrected chi connectivity index (χ0v) is 21.7. The molecule has 37 heavy (non-hydrogen) atoms. The third kappa shape index (κ3) is 4.12. The lowest BCUT2D eigenvalue weighted by Crippen LogP contribution is -2.57. The number of likely N-dealkylation sites (tertiary alicyclic amines) is 1. The van der Waals surface area contributed by atoms with Crippen LogP contribution in [-0.4, -0.2) is 58.1 Å². The molecule has 3 amide bonds. The standard InChI is InChI=1S/C29H35N3O5/c1-16(2)21(15-33)32-25(27(35)31-20-14-17(3)10-11-18(20)4)29-13-12-22(37-29)23(24(29)28(32)36)26(34)30-19-8-6-5-7-9-19/h5-11,14,16,21-25,33H,12-13,15H2,1-4H3,(H,30,34)(H,31,35)/t21-,22+,23-,24-,25?,29?/m0/s1. The zero-order chi connectivity index (χ0) is 26.5. The van der Waals surface area contributed by atoms with E-state index in [1.807, 2.05) is 64.1 Å². The van der Waals surface area contributed by atoms with Crippen molar-refractivity contribution >= 4 is 29.1 Å². The number of hydrogen-bond acceptors (Lipinski definition) is 5. The number of fused-ring (bicyclic) bond motifs is 1. The number of benzene rings is 2. The molecule has 0 saturated carbocycles. The van der Waals surface area contributed by atoms with E-state index in [2.05, 4.69) is 10.6 Å². The van der Waals surface area contributed by atoms with Crippen molar-refractivity contribution in [2.24, 2.45) is 17.8 Å². The summed E-state index contributed by atoms with van der Waals surface area (Å²) in [7, 11) is 0. The van der Waals surface area contributed by atoms with E-state index >= 15 is 0 Å². The quantitative estimate of drug-likeness (QED) is 0.535. The van der Waals surface area contributed by atoms with Gasteiger partial charge in [-0.3, -0.25) is 14.4 Å². The molecule has 0 aliphatic carbocycles. The number of rotatable bonds is 7. The first-order valence-electron chi connectivity index (χ1n) is 13.0. The summed E-state index contributed by atoms with van der Waals surface area (Å²) in [4.78, 5) is 43.1. The van der Waals surface area contributed by atoms with Crippen LogP contribution in [0.1, 0.15) is 37.8 Å². The molecule has 3 fully saturated rings. The second kappa shape index (κ2) is 9.58. The first-order valence-corrected chi connectivity index (χ1v) is 13.0. The molecule has 3 saturated heterocycles. The van der Waals surface area contributed by atoms with E-state index in [4.69, 9.17) is 4.74 Å². The van der Waals surface area contributed by atoms with Crippen LogP contribution < -0.4 is 10.6 Å². The summed E-state index contributed by atoms with van der Waals surface area (Å²) in [6.45, 7) is 7.41. The van der Waals surface area contributed by atoms with E-state index in [1.54, 1.807) is 12.1 Å². The van der Waals surface area contributed by atoms with E-state index in [0.29, 0.717) is 24.2 Å². The highest BCUT2D eigenvalue weighted by molar-refractivity contribution is 6.05. The highest BCUT2D eigenvalue weighted by atomic mass is 16.5. The van der Waals surface area contributed by atoms with Crippen LogP contribution in [0.5, 0.6) is 0 Å². The van der Waals surface area contributed by atoms with Gasteiger partial charge in [-0.1, -0.05) is 44.2 Å².